The van der Waals surface area contributed by atoms with E-state index in [0.717, 1.165) is 12.2 Å². The van der Waals surface area contributed by atoms with Crippen LogP contribution in [-0.2, 0) is 9.09 Å². The lowest BCUT2D eigenvalue weighted by molar-refractivity contribution is 0.164. The Balaban J connectivity index is 2.49. The smallest absolute Gasteiger partial charge is 0.316 e. The van der Waals surface area contributed by atoms with Crippen LogP contribution in [0.4, 0.5) is 0 Å². The molecule has 1 heterocycles. The molecule has 1 saturated heterocycles. The van der Waals surface area contributed by atoms with Gasteiger partial charge in [0.15, 0.2) is 0 Å². The molecule has 0 amide bonds. The monoisotopic (exact) mass is 225 g/mol. The van der Waals surface area contributed by atoms with E-state index in [1.807, 2.05) is 0 Å². The Morgan fingerprint density at radius 1 is 1.77 bits per heavy atom. The Morgan fingerprint density at radius 3 is 3.00 bits per heavy atom. The fraction of sp³-hybridized carbons (Fsp3) is 1.00. The summed E-state index contributed by atoms with van der Waals surface area (Å²) < 4.78 is 15.5. The third-order valence-corrected chi connectivity index (χ3v) is 4.32. The highest BCUT2D eigenvalue weighted by Crippen LogP contribution is 2.34. The van der Waals surface area contributed by atoms with Gasteiger partial charge in [0.1, 0.15) is 0 Å². The van der Waals surface area contributed by atoms with E-state index in [9.17, 15) is 4.57 Å². The van der Waals surface area contributed by atoms with E-state index in [0.29, 0.717) is 11.7 Å². The van der Waals surface area contributed by atoms with Crippen LogP contribution in [0.2, 0.25) is 0 Å². The van der Waals surface area contributed by atoms with Crippen molar-refractivity contribution in [2.24, 2.45) is 5.73 Å². The summed E-state index contributed by atoms with van der Waals surface area (Å²) in [6, 6.07) is 0.0964. The Labute approximate surface area is 83.2 Å². The van der Waals surface area contributed by atoms with Gasteiger partial charge in [-0.15, -0.1) is 0 Å². The predicted octanol–water partition coefficient (Wildman–Crippen LogP) is 0.996. The molecule has 4 atom stereocenters. The van der Waals surface area contributed by atoms with E-state index in [4.69, 9.17) is 15.2 Å². The molecule has 0 spiro atoms. The van der Waals surface area contributed by atoms with Crippen LogP contribution in [0.5, 0.6) is 0 Å². The maximum absolute atomic E-state index is 10.5. The molecule has 0 aromatic heterocycles. The van der Waals surface area contributed by atoms with Crippen LogP contribution < -0.4 is 5.73 Å². The van der Waals surface area contributed by atoms with Crippen LogP contribution in [0.25, 0.3) is 0 Å². The van der Waals surface area contributed by atoms with Gasteiger partial charge in [-0.3, -0.25) is 4.57 Å². The number of thioether (sulfide) groups is 1. The predicted molar refractivity (Wildman–Crippen MR) is 55.2 cm³/mol. The number of hydrogen-bond donors (Lipinski definition) is 2. The van der Waals surface area contributed by atoms with Crippen LogP contribution in [0.15, 0.2) is 0 Å². The van der Waals surface area contributed by atoms with Gasteiger partial charge in [0.2, 0.25) is 0 Å². The first-order valence-corrected chi connectivity index (χ1v) is 6.71. The summed E-state index contributed by atoms with van der Waals surface area (Å²) in [5, 5.41) is 0.320. The Kier molecular flexibility index (Phi) is 4.76. The van der Waals surface area contributed by atoms with Crippen molar-refractivity contribution in [3.63, 3.8) is 0 Å². The Bertz CT molecular complexity index is 193. The van der Waals surface area contributed by atoms with Crippen LogP contribution in [-0.4, -0.2) is 28.0 Å². The molecule has 0 bridgehead atoms. The molecule has 13 heavy (non-hydrogen) atoms. The number of rotatable bonds is 3. The number of nitrogens with two attached hydrogens (primary N) is 1. The molecule has 4 unspecified atom stereocenters. The molecule has 0 saturated carbocycles. The molecule has 3 N–H and O–H groups in total. The molecular formula is C7H16NO3PS. The van der Waals surface area contributed by atoms with E-state index >= 15 is 0 Å². The molecule has 0 aromatic rings. The third kappa shape index (κ3) is 3.60. The lowest BCUT2D eigenvalue weighted by Gasteiger charge is -2.32. The largest absolute Gasteiger partial charge is 0.327 e. The van der Waals surface area contributed by atoms with E-state index in [1.54, 1.807) is 11.8 Å². The molecule has 1 fully saturated rings. The zero-order chi connectivity index (χ0) is 9.84. The molecule has 78 valence electrons. The second-order valence-electron chi connectivity index (χ2n) is 3.20. The van der Waals surface area contributed by atoms with Crippen LogP contribution in [0.1, 0.15) is 19.8 Å². The maximum Gasteiger partial charge on any atom is 0.316 e. The number of hydrogen-bond acceptors (Lipinski definition) is 4. The molecule has 4 nitrogen and oxygen atoms in total. The van der Waals surface area contributed by atoms with Crippen molar-refractivity contribution in [3.05, 3.63) is 0 Å². The summed E-state index contributed by atoms with van der Waals surface area (Å²) in [5.74, 6) is 0.921. The van der Waals surface area contributed by atoms with E-state index in [1.165, 1.54) is 0 Å². The lowest BCUT2D eigenvalue weighted by atomic mass is 10.1. The van der Waals surface area contributed by atoms with Gasteiger partial charge in [0, 0.05) is 17.0 Å². The van der Waals surface area contributed by atoms with Crippen molar-refractivity contribution in [3.8, 4) is 0 Å². The van der Waals surface area contributed by atoms with Gasteiger partial charge in [-0.1, -0.05) is 6.92 Å². The zero-order valence-corrected chi connectivity index (χ0v) is 9.42. The van der Waals surface area contributed by atoms with E-state index in [-0.39, 0.29) is 12.1 Å². The van der Waals surface area contributed by atoms with Crippen molar-refractivity contribution in [2.45, 2.75) is 37.2 Å². The minimum absolute atomic E-state index is 0.0964. The van der Waals surface area contributed by atoms with Crippen molar-refractivity contribution >= 4 is 20.0 Å². The Hall–Kier alpha value is 0.460. The topological polar surface area (TPSA) is 72.5 Å². The van der Waals surface area contributed by atoms with Gasteiger partial charge in [0.05, 0.1) is 6.10 Å². The average Bonchev–Trinajstić information content (AvgIpc) is 2.03. The first-order valence-electron chi connectivity index (χ1n) is 4.40. The lowest BCUT2D eigenvalue weighted by Crippen LogP contribution is -2.40. The minimum atomic E-state index is -2.82. The highest BCUT2D eigenvalue weighted by Gasteiger charge is 2.29. The fourth-order valence-corrected chi connectivity index (χ4v) is 3.37. The molecule has 0 aromatic carbocycles. The van der Waals surface area contributed by atoms with Gasteiger partial charge in [0.25, 0.3) is 0 Å². The minimum Gasteiger partial charge on any atom is -0.327 e. The van der Waals surface area contributed by atoms with Crippen molar-refractivity contribution < 1.29 is 14.0 Å². The van der Waals surface area contributed by atoms with Gasteiger partial charge in [-0.2, -0.15) is 11.8 Å². The average molecular weight is 225 g/mol. The normalized spacial score (nSPS) is 37.3. The SMILES string of the molecule is CCC1SCC(N)CC1O[PH](=O)O. The van der Waals surface area contributed by atoms with E-state index in [2.05, 4.69) is 6.92 Å². The molecule has 1 rings (SSSR count). The maximum atomic E-state index is 10.5. The summed E-state index contributed by atoms with van der Waals surface area (Å²) >= 11 is 1.74. The summed E-state index contributed by atoms with van der Waals surface area (Å²) in [6.45, 7) is 2.06. The standard InChI is InChI=1S/C7H16NO3PS/c1-2-7-6(11-12(9)10)3-5(8)4-13-7/h5-7,12H,2-4,8H2,1H3,(H,9,10). The molecule has 1 aliphatic heterocycles. The van der Waals surface area contributed by atoms with Crippen LogP contribution in [0.3, 0.4) is 0 Å². The molecule has 6 heteroatoms. The van der Waals surface area contributed by atoms with E-state index < -0.39 is 8.25 Å². The van der Waals surface area contributed by atoms with Gasteiger partial charge >= 0.3 is 8.25 Å². The quantitative estimate of drug-likeness (QED) is 0.701. The second-order valence-corrected chi connectivity index (χ2v) is 5.24. The molecule has 0 aliphatic carbocycles. The first-order chi connectivity index (χ1) is 6.13. The van der Waals surface area contributed by atoms with Crippen LogP contribution in [0, 0.1) is 0 Å². The van der Waals surface area contributed by atoms with Gasteiger partial charge in [-0.25, -0.2) is 0 Å². The summed E-state index contributed by atoms with van der Waals surface area (Å²) in [5.41, 5.74) is 5.74. The fourth-order valence-electron chi connectivity index (χ4n) is 1.51. The summed E-state index contributed by atoms with van der Waals surface area (Å²) in [4.78, 5) is 8.68. The van der Waals surface area contributed by atoms with Crippen LogP contribution >= 0.6 is 20.0 Å². The third-order valence-electron chi connectivity index (χ3n) is 2.13. The summed E-state index contributed by atoms with van der Waals surface area (Å²) in [6.07, 6.45) is 1.51. The second kappa shape index (κ2) is 5.37. The van der Waals surface area contributed by atoms with Crippen molar-refractivity contribution in [1.29, 1.82) is 0 Å². The zero-order valence-electron chi connectivity index (χ0n) is 7.60. The van der Waals surface area contributed by atoms with Crippen molar-refractivity contribution in [1.82, 2.24) is 0 Å². The highest BCUT2D eigenvalue weighted by molar-refractivity contribution is 8.00. The first kappa shape index (κ1) is 11.5. The highest BCUT2D eigenvalue weighted by atomic mass is 32.2. The summed E-state index contributed by atoms with van der Waals surface area (Å²) in [7, 11) is -2.82. The molecule has 0 radical (unpaired) electrons. The molecular weight excluding hydrogens is 209 g/mol. The van der Waals surface area contributed by atoms with Crippen molar-refractivity contribution in [2.75, 3.05) is 5.75 Å². The van der Waals surface area contributed by atoms with Gasteiger partial charge in [-0.05, 0) is 12.8 Å². The van der Waals surface area contributed by atoms with Gasteiger partial charge < -0.3 is 15.2 Å². The molecule has 1 aliphatic rings. The Morgan fingerprint density at radius 2 is 2.46 bits per heavy atom.